The highest BCUT2D eigenvalue weighted by Crippen LogP contribution is 2.33. The number of esters is 2. The van der Waals surface area contributed by atoms with Crippen molar-refractivity contribution in [3.63, 3.8) is 0 Å². The molecule has 0 aliphatic heterocycles. The van der Waals surface area contributed by atoms with Crippen LogP contribution in [0.4, 0.5) is 0 Å². The average Bonchev–Trinajstić information content (AvgIpc) is 3.02. The monoisotopic (exact) mass is 454 g/mol. The fourth-order valence-corrected chi connectivity index (χ4v) is 3.94. The van der Waals surface area contributed by atoms with E-state index in [0.29, 0.717) is 27.1 Å². The van der Waals surface area contributed by atoms with Crippen molar-refractivity contribution in [1.82, 2.24) is 9.55 Å². The van der Waals surface area contributed by atoms with E-state index in [4.69, 9.17) is 44.3 Å². The third-order valence-electron chi connectivity index (χ3n) is 4.59. The molecule has 0 saturated heterocycles. The molecule has 0 spiro atoms. The highest BCUT2D eigenvalue weighted by molar-refractivity contribution is 6.38. The Morgan fingerprint density at radius 1 is 1.10 bits per heavy atom. The molecule has 0 fully saturated rings. The minimum Gasteiger partial charge on any atom is -0.468 e. The van der Waals surface area contributed by atoms with E-state index in [0.717, 1.165) is 10.9 Å². The molecule has 2 aromatic heterocycles. The van der Waals surface area contributed by atoms with Crippen LogP contribution < -0.4 is 0 Å². The molecule has 0 amide bonds. The quantitative estimate of drug-likeness (QED) is 0.406. The lowest BCUT2D eigenvalue weighted by Crippen LogP contribution is -2.15. The second kappa shape index (κ2) is 8.61. The first-order valence-electron chi connectivity index (χ1n) is 8.54. The Hall–Kier alpha value is -2.28. The van der Waals surface area contributed by atoms with Gasteiger partial charge in [0.2, 0.25) is 0 Å². The van der Waals surface area contributed by atoms with Crippen LogP contribution in [-0.4, -0.2) is 35.7 Å². The predicted octanol–water partition coefficient (Wildman–Crippen LogP) is 4.86. The van der Waals surface area contributed by atoms with Crippen molar-refractivity contribution in [2.45, 2.75) is 19.9 Å². The van der Waals surface area contributed by atoms with Gasteiger partial charge in [0.15, 0.2) is 0 Å². The first kappa shape index (κ1) is 21.4. The molecule has 0 radical (unpaired) electrons. The maximum Gasteiger partial charge on any atom is 0.339 e. The molecule has 6 nitrogen and oxygen atoms in total. The van der Waals surface area contributed by atoms with E-state index >= 15 is 0 Å². The van der Waals surface area contributed by atoms with Gasteiger partial charge in [0.05, 0.1) is 24.8 Å². The third kappa shape index (κ3) is 4.20. The summed E-state index contributed by atoms with van der Waals surface area (Å²) in [5.41, 5.74) is 2.92. The van der Waals surface area contributed by atoms with Crippen molar-refractivity contribution in [2.75, 3.05) is 14.2 Å². The number of aromatic nitrogens is 2. The summed E-state index contributed by atoms with van der Waals surface area (Å²) in [6, 6.07) is 6.74. The lowest BCUT2D eigenvalue weighted by atomic mass is 10.1. The van der Waals surface area contributed by atoms with E-state index in [1.54, 1.807) is 16.7 Å². The fraction of sp³-hybridized carbons (Fsp3) is 0.250. The van der Waals surface area contributed by atoms with Crippen LogP contribution in [0.15, 0.2) is 24.3 Å². The summed E-state index contributed by atoms with van der Waals surface area (Å²) in [5, 5.41) is 1.74. The molecule has 3 rings (SSSR count). The largest absolute Gasteiger partial charge is 0.468 e. The van der Waals surface area contributed by atoms with Gasteiger partial charge in [-0.3, -0.25) is 4.79 Å². The molecule has 9 heteroatoms. The van der Waals surface area contributed by atoms with Gasteiger partial charge in [0.1, 0.15) is 17.3 Å². The smallest absolute Gasteiger partial charge is 0.339 e. The lowest BCUT2D eigenvalue weighted by Gasteiger charge is -2.13. The van der Waals surface area contributed by atoms with Crippen LogP contribution in [0.25, 0.3) is 11.0 Å². The number of pyridine rings is 1. The van der Waals surface area contributed by atoms with E-state index in [-0.39, 0.29) is 23.6 Å². The Morgan fingerprint density at radius 3 is 2.48 bits per heavy atom. The Bertz CT molecular complexity index is 1120. The molecule has 0 aliphatic carbocycles. The Labute approximate surface area is 182 Å². The van der Waals surface area contributed by atoms with Crippen molar-refractivity contribution in [1.29, 1.82) is 0 Å². The Balaban J connectivity index is 2.18. The highest BCUT2D eigenvalue weighted by Gasteiger charge is 2.21. The number of rotatable bonds is 5. The van der Waals surface area contributed by atoms with Crippen molar-refractivity contribution in [3.8, 4) is 0 Å². The van der Waals surface area contributed by atoms with Crippen LogP contribution in [0.1, 0.15) is 27.2 Å². The number of hydrogen-bond donors (Lipinski definition) is 0. The van der Waals surface area contributed by atoms with Crippen LogP contribution in [-0.2, 0) is 27.2 Å². The van der Waals surface area contributed by atoms with Crippen LogP contribution in [0.5, 0.6) is 0 Å². The van der Waals surface area contributed by atoms with Gasteiger partial charge in [-0.15, -0.1) is 0 Å². The average molecular weight is 456 g/mol. The van der Waals surface area contributed by atoms with Crippen LogP contribution in [0, 0.1) is 6.92 Å². The number of benzene rings is 1. The number of nitrogens with zero attached hydrogens (tertiary/aromatic N) is 2. The topological polar surface area (TPSA) is 70.4 Å². The zero-order valence-electron chi connectivity index (χ0n) is 15.9. The maximum atomic E-state index is 12.0. The SMILES string of the molecule is COC(=O)Cn1c(Cc2c(Cl)ccc(C(=O)OC)c2Cl)cc2c(C)cc(Cl)nc21. The lowest BCUT2D eigenvalue weighted by molar-refractivity contribution is -0.141. The van der Waals surface area contributed by atoms with Gasteiger partial charge in [0.25, 0.3) is 0 Å². The Morgan fingerprint density at radius 2 is 1.83 bits per heavy atom. The fourth-order valence-electron chi connectivity index (χ4n) is 3.12. The summed E-state index contributed by atoms with van der Waals surface area (Å²) in [6.45, 7) is 1.84. The van der Waals surface area contributed by atoms with Crippen LogP contribution in [0.3, 0.4) is 0 Å². The molecule has 0 N–H and O–H groups in total. The molecular formula is C20H17Cl3N2O4. The normalized spacial score (nSPS) is 11.0. The molecule has 0 aliphatic rings. The van der Waals surface area contributed by atoms with Gasteiger partial charge in [0, 0.05) is 22.5 Å². The maximum absolute atomic E-state index is 12.0. The van der Waals surface area contributed by atoms with Crippen molar-refractivity contribution in [3.05, 3.63) is 61.8 Å². The van der Waals surface area contributed by atoms with Gasteiger partial charge >= 0.3 is 11.9 Å². The number of aryl methyl sites for hydroxylation is 1. The van der Waals surface area contributed by atoms with Gasteiger partial charge in [-0.1, -0.05) is 34.8 Å². The zero-order valence-corrected chi connectivity index (χ0v) is 18.2. The molecule has 0 saturated carbocycles. The minimum absolute atomic E-state index is 0.0615. The second-order valence-corrected chi connectivity index (χ2v) is 7.53. The zero-order chi connectivity index (χ0) is 21.3. The number of ether oxygens (including phenoxy) is 2. The van der Waals surface area contributed by atoms with E-state index in [1.165, 1.54) is 20.3 Å². The molecule has 0 unspecified atom stereocenters. The predicted molar refractivity (Wildman–Crippen MR) is 112 cm³/mol. The number of carbonyl (C=O) groups excluding carboxylic acids is 2. The minimum atomic E-state index is -0.563. The summed E-state index contributed by atoms with van der Waals surface area (Å²) < 4.78 is 11.3. The molecular weight excluding hydrogens is 439 g/mol. The summed E-state index contributed by atoms with van der Waals surface area (Å²) in [5.74, 6) is -1.00. The summed E-state index contributed by atoms with van der Waals surface area (Å²) >= 11 is 18.9. The van der Waals surface area contributed by atoms with Crippen molar-refractivity contribution in [2.24, 2.45) is 0 Å². The van der Waals surface area contributed by atoms with E-state index in [2.05, 4.69) is 4.98 Å². The number of fused-ring (bicyclic) bond motifs is 1. The molecule has 1 aromatic carbocycles. The van der Waals surface area contributed by atoms with E-state index in [9.17, 15) is 9.59 Å². The molecule has 29 heavy (non-hydrogen) atoms. The molecule has 2 heterocycles. The molecule has 0 bridgehead atoms. The number of carbonyl (C=O) groups is 2. The Kier molecular flexibility index (Phi) is 6.36. The highest BCUT2D eigenvalue weighted by atomic mass is 35.5. The number of methoxy groups -OCH3 is 2. The molecule has 0 atom stereocenters. The van der Waals surface area contributed by atoms with E-state index in [1.807, 2.05) is 13.0 Å². The summed E-state index contributed by atoms with van der Waals surface area (Å²) in [7, 11) is 2.59. The molecule has 3 aromatic rings. The van der Waals surface area contributed by atoms with Gasteiger partial charge < -0.3 is 14.0 Å². The van der Waals surface area contributed by atoms with Crippen molar-refractivity contribution >= 4 is 57.8 Å². The standard InChI is InChI=1S/C20H17Cl3N2O4/c1-10-6-16(22)24-19-13(10)7-11(25(19)9-17(26)28-2)8-14-15(21)5-4-12(18(14)23)20(27)29-3/h4-7H,8-9H2,1-3H3. The van der Waals surface area contributed by atoms with Crippen LogP contribution in [0.2, 0.25) is 15.2 Å². The van der Waals surface area contributed by atoms with Crippen LogP contribution >= 0.6 is 34.8 Å². The third-order valence-corrected chi connectivity index (χ3v) is 5.57. The second-order valence-electron chi connectivity index (χ2n) is 6.35. The van der Waals surface area contributed by atoms with Gasteiger partial charge in [-0.25, -0.2) is 9.78 Å². The first-order chi connectivity index (χ1) is 13.8. The number of halogens is 3. The van der Waals surface area contributed by atoms with Gasteiger partial charge in [-0.05, 0) is 42.3 Å². The molecule has 152 valence electrons. The number of hydrogen-bond acceptors (Lipinski definition) is 5. The van der Waals surface area contributed by atoms with Crippen molar-refractivity contribution < 1.29 is 19.1 Å². The summed E-state index contributed by atoms with van der Waals surface area (Å²) in [4.78, 5) is 28.4. The van der Waals surface area contributed by atoms with Gasteiger partial charge in [-0.2, -0.15) is 0 Å². The first-order valence-corrected chi connectivity index (χ1v) is 9.67. The summed E-state index contributed by atoms with van der Waals surface area (Å²) in [6.07, 6.45) is 0.257. The van der Waals surface area contributed by atoms with E-state index < -0.39 is 11.9 Å².